The van der Waals surface area contributed by atoms with Gasteiger partial charge in [0.05, 0.1) is 5.69 Å². The van der Waals surface area contributed by atoms with Crippen LogP contribution in [0.5, 0.6) is 0 Å². The number of rotatable bonds is 3. The summed E-state index contributed by atoms with van der Waals surface area (Å²) in [5.74, 6) is -2.02. The predicted octanol–water partition coefficient (Wildman–Crippen LogP) is 3.86. The van der Waals surface area contributed by atoms with Crippen LogP contribution >= 0.6 is 0 Å². The molecular formula is C15H11F2NO. The van der Waals surface area contributed by atoms with Crippen molar-refractivity contribution in [3.8, 4) is 0 Å². The van der Waals surface area contributed by atoms with Crippen LogP contribution in [0.25, 0.3) is 6.08 Å². The summed E-state index contributed by atoms with van der Waals surface area (Å²) in [6.07, 6.45) is 1.28. The van der Waals surface area contributed by atoms with Crippen LogP contribution in [0.1, 0.15) is 15.9 Å². The van der Waals surface area contributed by atoms with Crippen molar-refractivity contribution in [3.63, 3.8) is 0 Å². The summed E-state index contributed by atoms with van der Waals surface area (Å²) < 4.78 is 26.7. The summed E-state index contributed by atoms with van der Waals surface area (Å²) in [7, 11) is 0. The number of hydrogen-bond donors (Lipinski definition) is 1. The van der Waals surface area contributed by atoms with E-state index in [4.69, 9.17) is 0 Å². The van der Waals surface area contributed by atoms with Crippen molar-refractivity contribution in [1.29, 1.82) is 0 Å². The van der Waals surface area contributed by atoms with Crippen molar-refractivity contribution in [1.82, 2.24) is 0 Å². The fraction of sp³-hybridized carbons (Fsp3) is 0. The van der Waals surface area contributed by atoms with Gasteiger partial charge in [0, 0.05) is 17.2 Å². The number of amides is 1. The van der Waals surface area contributed by atoms with Gasteiger partial charge in [-0.05, 0) is 18.2 Å². The Morgan fingerprint density at radius 1 is 1.16 bits per heavy atom. The molecule has 0 spiro atoms. The van der Waals surface area contributed by atoms with E-state index in [1.54, 1.807) is 30.3 Å². The molecule has 0 fully saturated rings. The van der Waals surface area contributed by atoms with Crippen LogP contribution in [0, 0.1) is 11.6 Å². The number of hydrogen-bond acceptors (Lipinski definition) is 1. The lowest BCUT2D eigenvalue weighted by Gasteiger charge is -2.10. The lowest BCUT2D eigenvalue weighted by atomic mass is 10.1. The molecule has 0 unspecified atom stereocenters. The standard InChI is InChI=1S/C15H11F2NO/c1-2-10-8-12(16)9-13(17)14(10)18-15(19)11-6-4-3-5-7-11/h2-9H,1H2,(H,18,19). The average molecular weight is 259 g/mol. The quantitative estimate of drug-likeness (QED) is 0.891. The topological polar surface area (TPSA) is 29.1 Å². The van der Waals surface area contributed by atoms with E-state index in [1.165, 1.54) is 6.08 Å². The van der Waals surface area contributed by atoms with Crippen LogP contribution in [-0.4, -0.2) is 5.91 Å². The van der Waals surface area contributed by atoms with Crippen LogP contribution in [-0.2, 0) is 0 Å². The highest BCUT2D eigenvalue weighted by Gasteiger charge is 2.13. The Kier molecular flexibility index (Phi) is 3.71. The number of carbonyl (C=O) groups is 1. The highest BCUT2D eigenvalue weighted by atomic mass is 19.1. The van der Waals surface area contributed by atoms with Gasteiger partial charge in [-0.15, -0.1) is 0 Å². The van der Waals surface area contributed by atoms with E-state index in [2.05, 4.69) is 11.9 Å². The maximum absolute atomic E-state index is 13.7. The Morgan fingerprint density at radius 3 is 2.47 bits per heavy atom. The van der Waals surface area contributed by atoms with E-state index in [1.807, 2.05) is 0 Å². The van der Waals surface area contributed by atoms with Crippen molar-refractivity contribution < 1.29 is 13.6 Å². The van der Waals surface area contributed by atoms with Gasteiger partial charge >= 0.3 is 0 Å². The summed E-state index contributed by atoms with van der Waals surface area (Å²) >= 11 is 0. The molecule has 1 amide bonds. The molecule has 96 valence electrons. The van der Waals surface area contributed by atoms with Crippen LogP contribution in [0.4, 0.5) is 14.5 Å². The molecule has 2 nitrogen and oxygen atoms in total. The molecule has 0 aliphatic heterocycles. The molecule has 4 heteroatoms. The first-order chi connectivity index (χ1) is 9.11. The van der Waals surface area contributed by atoms with Crippen molar-refractivity contribution in [2.24, 2.45) is 0 Å². The van der Waals surface area contributed by atoms with E-state index < -0.39 is 17.5 Å². The molecule has 0 aliphatic carbocycles. The molecule has 2 aromatic rings. The van der Waals surface area contributed by atoms with Gasteiger partial charge in [-0.1, -0.05) is 30.9 Å². The number of carbonyl (C=O) groups excluding carboxylic acids is 1. The zero-order chi connectivity index (χ0) is 13.8. The smallest absolute Gasteiger partial charge is 0.255 e. The Labute approximate surface area is 109 Å². The molecule has 0 aromatic heterocycles. The van der Waals surface area contributed by atoms with Crippen molar-refractivity contribution in [3.05, 3.63) is 71.8 Å². The average Bonchev–Trinajstić information content (AvgIpc) is 2.42. The number of nitrogens with one attached hydrogen (secondary N) is 1. The van der Waals surface area contributed by atoms with Crippen molar-refractivity contribution in [2.75, 3.05) is 5.32 Å². The molecule has 0 radical (unpaired) electrons. The van der Waals surface area contributed by atoms with Crippen molar-refractivity contribution >= 4 is 17.7 Å². The van der Waals surface area contributed by atoms with E-state index >= 15 is 0 Å². The highest BCUT2D eigenvalue weighted by molar-refractivity contribution is 6.05. The third-order valence-corrected chi connectivity index (χ3v) is 2.58. The van der Waals surface area contributed by atoms with E-state index in [0.29, 0.717) is 11.6 Å². The summed E-state index contributed by atoms with van der Waals surface area (Å²) in [6, 6.07) is 10.2. The molecular weight excluding hydrogens is 248 g/mol. The molecule has 0 aliphatic rings. The SMILES string of the molecule is C=Cc1cc(F)cc(F)c1NC(=O)c1ccccc1. The van der Waals surface area contributed by atoms with E-state index in [-0.39, 0.29) is 11.3 Å². The van der Waals surface area contributed by atoms with Gasteiger partial charge in [-0.25, -0.2) is 8.78 Å². The first-order valence-electron chi connectivity index (χ1n) is 5.59. The molecule has 2 rings (SSSR count). The third kappa shape index (κ3) is 2.85. The summed E-state index contributed by atoms with van der Waals surface area (Å²) in [4.78, 5) is 11.9. The van der Waals surface area contributed by atoms with Crippen molar-refractivity contribution in [2.45, 2.75) is 0 Å². The summed E-state index contributed by atoms with van der Waals surface area (Å²) in [5.41, 5.74) is 0.508. The molecule has 1 N–H and O–H groups in total. The van der Waals surface area contributed by atoms with Crippen LogP contribution in [0.2, 0.25) is 0 Å². The minimum absolute atomic E-state index is 0.0785. The fourth-order valence-corrected chi connectivity index (χ4v) is 1.66. The zero-order valence-corrected chi connectivity index (χ0v) is 9.99. The van der Waals surface area contributed by atoms with E-state index in [9.17, 15) is 13.6 Å². The summed E-state index contributed by atoms with van der Waals surface area (Å²) in [6.45, 7) is 3.47. The van der Waals surface area contributed by atoms with Gasteiger partial charge in [-0.2, -0.15) is 0 Å². The normalized spacial score (nSPS) is 10.0. The third-order valence-electron chi connectivity index (χ3n) is 2.58. The second-order valence-electron chi connectivity index (χ2n) is 3.88. The van der Waals surface area contributed by atoms with E-state index in [0.717, 1.165) is 6.07 Å². The molecule has 0 atom stereocenters. The Balaban J connectivity index is 2.34. The molecule has 19 heavy (non-hydrogen) atoms. The summed E-state index contributed by atoms with van der Waals surface area (Å²) in [5, 5.41) is 2.42. The number of benzene rings is 2. The second kappa shape index (κ2) is 5.44. The Morgan fingerprint density at radius 2 is 1.84 bits per heavy atom. The maximum atomic E-state index is 13.7. The molecule has 0 heterocycles. The van der Waals surface area contributed by atoms with Gasteiger partial charge in [0.2, 0.25) is 0 Å². The Hall–Kier alpha value is -2.49. The number of halogens is 2. The second-order valence-corrected chi connectivity index (χ2v) is 3.88. The first-order valence-corrected chi connectivity index (χ1v) is 5.59. The van der Waals surface area contributed by atoms with Crippen LogP contribution in [0.3, 0.4) is 0 Å². The van der Waals surface area contributed by atoms with Gasteiger partial charge in [0.1, 0.15) is 11.6 Å². The molecule has 0 saturated carbocycles. The minimum Gasteiger partial charge on any atom is -0.319 e. The minimum atomic E-state index is -0.834. The lowest BCUT2D eigenvalue weighted by Crippen LogP contribution is -2.14. The predicted molar refractivity (Wildman–Crippen MR) is 70.8 cm³/mol. The lowest BCUT2D eigenvalue weighted by molar-refractivity contribution is 0.102. The van der Waals surface area contributed by atoms with Crippen LogP contribution in [0.15, 0.2) is 49.0 Å². The monoisotopic (exact) mass is 259 g/mol. The van der Waals surface area contributed by atoms with Gasteiger partial charge in [0.25, 0.3) is 5.91 Å². The number of anilines is 1. The largest absolute Gasteiger partial charge is 0.319 e. The fourth-order valence-electron chi connectivity index (χ4n) is 1.66. The Bertz CT molecular complexity index is 624. The first kappa shape index (κ1) is 13.0. The highest BCUT2D eigenvalue weighted by Crippen LogP contribution is 2.23. The van der Waals surface area contributed by atoms with Crippen LogP contribution < -0.4 is 5.32 Å². The zero-order valence-electron chi connectivity index (χ0n) is 9.99. The van der Waals surface area contributed by atoms with Gasteiger partial charge in [0.15, 0.2) is 0 Å². The molecule has 2 aromatic carbocycles. The maximum Gasteiger partial charge on any atom is 0.255 e. The molecule has 0 bridgehead atoms. The van der Waals surface area contributed by atoms with Gasteiger partial charge in [-0.3, -0.25) is 4.79 Å². The van der Waals surface area contributed by atoms with Gasteiger partial charge < -0.3 is 5.32 Å². The molecule has 0 saturated heterocycles.